The van der Waals surface area contributed by atoms with Gasteiger partial charge in [-0.2, -0.15) is 5.10 Å². The van der Waals surface area contributed by atoms with Crippen molar-refractivity contribution in [3.8, 4) is 5.75 Å². The van der Waals surface area contributed by atoms with Crippen LogP contribution in [0.1, 0.15) is 46.4 Å². The Morgan fingerprint density at radius 3 is 2.54 bits per heavy atom. The monoisotopic (exact) mass is 512 g/mol. The zero-order chi connectivity index (χ0) is 26.4. The van der Waals surface area contributed by atoms with Crippen LogP contribution in [-0.2, 0) is 0 Å². The molecule has 0 spiro atoms. The van der Waals surface area contributed by atoms with Crippen LogP contribution in [0.5, 0.6) is 5.75 Å². The molecule has 0 aliphatic carbocycles. The van der Waals surface area contributed by atoms with E-state index in [1.807, 2.05) is 0 Å². The fraction of sp³-hybridized carbons (Fsp3) is 0.308. The van der Waals surface area contributed by atoms with E-state index in [0.29, 0.717) is 24.9 Å². The van der Waals surface area contributed by atoms with Gasteiger partial charge in [-0.1, -0.05) is 24.3 Å². The smallest absolute Gasteiger partial charge is 0.403 e. The Labute approximate surface area is 209 Å². The topological polar surface area (TPSA) is 84.7 Å². The number of hydrogen-bond donors (Lipinski definition) is 0. The molecular weight excluding hydrogens is 489 g/mol. The molecule has 37 heavy (non-hydrogen) atoms. The van der Waals surface area contributed by atoms with Crippen LogP contribution in [-0.4, -0.2) is 58.3 Å². The van der Waals surface area contributed by atoms with Gasteiger partial charge in [-0.15, -0.1) is 0 Å². The van der Waals surface area contributed by atoms with Gasteiger partial charge in [0.2, 0.25) is 11.2 Å². The highest BCUT2D eigenvalue weighted by Gasteiger charge is 2.49. The van der Waals surface area contributed by atoms with E-state index in [1.165, 1.54) is 55.2 Å². The predicted octanol–water partition coefficient (Wildman–Crippen LogP) is 3.71. The summed E-state index contributed by atoms with van der Waals surface area (Å²) < 4.78 is 50.1. The minimum absolute atomic E-state index is 0.0175. The van der Waals surface area contributed by atoms with E-state index in [0.717, 1.165) is 17.2 Å². The normalized spacial score (nSPS) is 19.3. The van der Waals surface area contributed by atoms with E-state index in [4.69, 9.17) is 4.74 Å². The number of fused-ring (bicyclic) bond motifs is 2. The lowest BCUT2D eigenvalue weighted by Crippen LogP contribution is -2.51. The minimum Gasteiger partial charge on any atom is -0.403 e. The summed E-state index contributed by atoms with van der Waals surface area (Å²) in [5, 5.41) is 4.23. The Morgan fingerprint density at radius 1 is 1.11 bits per heavy atom. The number of halogens is 3. The number of carbonyl (C=O) groups excluding carboxylic acids is 2. The van der Waals surface area contributed by atoms with E-state index in [-0.39, 0.29) is 11.3 Å². The molecule has 0 saturated carbocycles. The first kappa shape index (κ1) is 24.5. The molecule has 3 heterocycles. The fourth-order valence-corrected chi connectivity index (χ4v) is 5.20. The number of carbonyl (C=O) groups is 2. The van der Waals surface area contributed by atoms with Crippen molar-refractivity contribution < 1.29 is 27.5 Å². The number of hydrogen-bond acceptors (Lipinski definition) is 5. The molecule has 8 nitrogen and oxygen atoms in total. The SMILES string of the molecule is CN(C)C(=O)Oc1c2n(ncc1=O)[C@@H](C(c1ccc(F)cc1)c1cccc(F)c1F)[C@H]1CCCN1C2=O. The molecule has 3 atom stereocenters. The summed E-state index contributed by atoms with van der Waals surface area (Å²) in [6, 6.07) is 7.83. The van der Waals surface area contributed by atoms with Gasteiger partial charge in [0.25, 0.3) is 5.91 Å². The summed E-state index contributed by atoms with van der Waals surface area (Å²) in [4.78, 5) is 41.3. The molecule has 2 aliphatic heterocycles. The van der Waals surface area contributed by atoms with Crippen LogP contribution in [0.15, 0.2) is 53.5 Å². The third kappa shape index (κ3) is 4.13. The Kier molecular flexibility index (Phi) is 6.22. The second kappa shape index (κ2) is 9.38. The van der Waals surface area contributed by atoms with E-state index in [9.17, 15) is 23.2 Å². The number of nitrogens with zero attached hydrogens (tertiary/aromatic N) is 4. The molecule has 1 fully saturated rings. The van der Waals surface area contributed by atoms with Crippen molar-refractivity contribution in [3.63, 3.8) is 0 Å². The largest absolute Gasteiger partial charge is 0.414 e. The number of ether oxygens (including phenoxy) is 1. The minimum atomic E-state index is -1.08. The molecule has 0 bridgehead atoms. The van der Waals surface area contributed by atoms with Gasteiger partial charge < -0.3 is 14.5 Å². The molecule has 2 amide bonds. The second-order valence-electron chi connectivity index (χ2n) is 9.26. The van der Waals surface area contributed by atoms with Gasteiger partial charge in [0.1, 0.15) is 5.82 Å². The van der Waals surface area contributed by atoms with Gasteiger partial charge >= 0.3 is 6.09 Å². The summed E-state index contributed by atoms with van der Waals surface area (Å²) in [5.41, 5.74) is -0.595. The van der Waals surface area contributed by atoms with Crippen molar-refractivity contribution in [2.24, 2.45) is 0 Å². The molecule has 3 aromatic rings. The van der Waals surface area contributed by atoms with Crippen molar-refractivity contribution >= 4 is 12.0 Å². The maximum atomic E-state index is 15.3. The molecule has 192 valence electrons. The third-order valence-electron chi connectivity index (χ3n) is 6.85. The average molecular weight is 512 g/mol. The van der Waals surface area contributed by atoms with Gasteiger partial charge in [-0.25, -0.2) is 22.6 Å². The molecule has 0 N–H and O–H groups in total. The summed E-state index contributed by atoms with van der Waals surface area (Å²) in [6.45, 7) is 0.353. The van der Waals surface area contributed by atoms with E-state index < -0.39 is 58.6 Å². The van der Waals surface area contributed by atoms with Crippen LogP contribution < -0.4 is 10.2 Å². The van der Waals surface area contributed by atoms with Gasteiger partial charge in [0.05, 0.1) is 18.3 Å². The summed E-state index contributed by atoms with van der Waals surface area (Å²) in [6.07, 6.45) is 1.21. The molecule has 11 heteroatoms. The van der Waals surface area contributed by atoms with Crippen molar-refractivity contribution in [3.05, 3.63) is 93.2 Å². The predicted molar refractivity (Wildman–Crippen MR) is 126 cm³/mol. The zero-order valence-electron chi connectivity index (χ0n) is 20.0. The van der Waals surface area contributed by atoms with Crippen molar-refractivity contribution in [1.82, 2.24) is 19.6 Å². The van der Waals surface area contributed by atoms with Gasteiger partial charge in [0, 0.05) is 32.1 Å². The summed E-state index contributed by atoms with van der Waals surface area (Å²) >= 11 is 0. The Morgan fingerprint density at radius 2 is 1.84 bits per heavy atom. The highest BCUT2D eigenvalue weighted by atomic mass is 19.2. The molecule has 1 saturated heterocycles. The third-order valence-corrected chi connectivity index (χ3v) is 6.85. The van der Waals surface area contributed by atoms with E-state index in [1.54, 1.807) is 4.90 Å². The summed E-state index contributed by atoms with van der Waals surface area (Å²) in [7, 11) is 2.85. The zero-order valence-corrected chi connectivity index (χ0v) is 20.0. The van der Waals surface area contributed by atoms with Crippen LogP contribution in [0.2, 0.25) is 0 Å². The lowest BCUT2D eigenvalue weighted by atomic mass is 9.79. The second-order valence-corrected chi connectivity index (χ2v) is 9.26. The first-order valence-corrected chi connectivity index (χ1v) is 11.7. The Hall–Kier alpha value is -4.15. The van der Waals surface area contributed by atoms with Crippen LogP contribution in [0, 0.1) is 17.5 Å². The number of aromatic nitrogens is 2. The first-order valence-electron chi connectivity index (χ1n) is 11.7. The Bertz CT molecular complexity index is 1440. The summed E-state index contributed by atoms with van der Waals surface area (Å²) in [5.74, 6) is -4.63. The van der Waals surface area contributed by atoms with Crippen molar-refractivity contribution in [2.45, 2.75) is 30.8 Å². The molecule has 1 aromatic heterocycles. The quantitative estimate of drug-likeness (QED) is 0.532. The Balaban J connectivity index is 1.78. The van der Waals surface area contributed by atoms with Crippen molar-refractivity contribution in [1.29, 1.82) is 0 Å². The lowest BCUT2D eigenvalue weighted by molar-refractivity contribution is 0.0563. The number of rotatable bonds is 4. The molecule has 2 aliphatic rings. The van der Waals surface area contributed by atoms with Gasteiger partial charge in [-0.05, 0) is 36.6 Å². The van der Waals surface area contributed by atoms with Crippen molar-refractivity contribution in [2.75, 3.05) is 20.6 Å². The highest BCUT2D eigenvalue weighted by molar-refractivity contribution is 5.97. The van der Waals surface area contributed by atoms with E-state index >= 15 is 4.39 Å². The molecule has 1 unspecified atom stereocenters. The molecular formula is C26H23F3N4O4. The molecule has 2 aromatic carbocycles. The fourth-order valence-electron chi connectivity index (χ4n) is 5.20. The average Bonchev–Trinajstić information content (AvgIpc) is 3.36. The number of benzene rings is 2. The van der Waals surface area contributed by atoms with Crippen LogP contribution in [0.25, 0.3) is 0 Å². The van der Waals surface area contributed by atoms with Gasteiger partial charge in [0.15, 0.2) is 17.3 Å². The number of amides is 2. The van der Waals surface area contributed by atoms with Crippen LogP contribution >= 0.6 is 0 Å². The lowest BCUT2D eigenvalue weighted by Gasteiger charge is -2.42. The maximum Gasteiger partial charge on any atom is 0.414 e. The highest BCUT2D eigenvalue weighted by Crippen LogP contribution is 2.46. The van der Waals surface area contributed by atoms with Gasteiger partial charge in [-0.3, -0.25) is 9.59 Å². The van der Waals surface area contributed by atoms with Crippen LogP contribution in [0.4, 0.5) is 18.0 Å². The first-order chi connectivity index (χ1) is 17.7. The van der Waals surface area contributed by atoms with Crippen LogP contribution in [0.3, 0.4) is 0 Å². The maximum absolute atomic E-state index is 15.3. The molecule has 5 rings (SSSR count). The molecule has 0 radical (unpaired) electrons. The standard InChI is InChI=1S/C26H23F3N4O4/c1-31(2)26(36)37-24-19(34)13-30-33-22(18-7-4-12-32(18)25(35)23(24)33)20(14-8-10-15(27)11-9-14)16-5-3-6-17(28)21(16)29/h3,5-6,8-11,13,18,20,22H,4,7,12H2,1-2H3/t18-,20?,22-/m1/s1. The van der Waals surface area contributed by atoms with E-state index in [2.05, 4.69) is 5.10 Å².